The van der Waals surface area contributed by atoms with E-state index in [4.69, 9.17) is 34.8 Å². The number of aliphatic imine (C=N–C) groups is 1. The largest absolute Gasteiger partial charge is 0.507 e. The zero-order chi connectivity index (χ0) is 15.7. The maximum atomic E-state index is 10.1. The minimum absolute atomic E-state index is 0.152. The molecule has 2 nitrogen and oxygen atoms in total. The standard InChI is InChI=1S/C17H10Cl3NO/c18-13-7-15(20)16(8-14(13)19)21-9-12-11-4-2-1-3-10(11)5-6-17(12)22/h1-9,22H. The lowest BCUT2D eigenvalue weighted by Crippen LogP contribution is -1.86. The second-order valence-electron chi connectivity index (χ2n) is 4.70. The Morgan fingerprint density at radius 3 is 2.41 bits per heavy atom. The van der Waals surface area contributed by atoms with E-state index in [1.165, 1.54) is 0 Å². The fraction of sp³-hybridized carbons (Fsp3) is 0. The molecule has 0 radical (unpaired) electrons. The van der Waals surface area contributed by atoms with Gasteiger partial charge in [-0.05, 0) is 29.0 Å². The molecule has 3 rings (SSSR count). The monoisotopic (exact) mass is 349 g/mol. The maximum Gasteiger partial charge on any atom is 0.124 e. The number of benzene rings is 3. The summed E-state index contributed by atoms with van der Waals surface area (Å²) in [6.07, 6.45) is 1.57. The number of aromatic hydroxyl groups is 1. The smallest absolute Gasteiger partial charge is 0.124 e. The van der Waals surface area contributed by atoms with Gasteiger partial charge in [0.15, 0.2) is 0 Å². The summed E-state index contributed by atoms with van der Waals surface area (Å²) in [5, 5.41) is 13.1. The third-order valence-corrected chi connectivity index (χ3v) is 4.30. The molecule has 5 heteroatoms. The fourth-order valence-corrected chi connectivity index (χ4v) is 2.75. The molecule has 110 valence electrons. The number of rotatable bonds is 2. The van der Waals surface area contributed by atoms with Crippen LogP contribution in [0.15, 0.2) is 53.5 Å². The summed E-state index contributed by atoms with van der Waals surface area (Å²) >= 11 is 18.0. The van der Waals surface area contributed by atoms with E-state index in [0.717, 1.165) is 10.8 Å². The lowest BCUT2D eigenvalue weighted by Gasteiger charge is -2.05. The number of nitrogens with zero attached hydrogens (tertiary/aromatic N) is 1. The lowest BCUT2D eigenvalue weighted by molar-refractivity contribution is 0.475. The molecule has 0 amide bonds. The highest BCUT2D eigenvalue weighted by Gasteiger charge is 2.07. The van der Waals surface area contributed by atoms with Crippen molar-refractivity contribution in [2.75, 3.05) is 0 Å². The van der Waals surface area contributed by atoms with E-state index >= 15 is 0 Å². The van der Waals surface area contributed by atoms with E-state index in [9.17, 15) is 5.11 Å². The second-order valence-corrected chi connectivity index (χ2v) is 5.92. The normalized spacial score (nSPS) is 11.4. The number of fused-ring (bicyclic) bond motifs is 1. The lowest BCUT2D eigenvalue weighted by atomic mass is 10.0. The highest BCUT2D eigenvalue weighted by molar-refractivity contribution is 6.44. The quantitative estimate of drug-likeness (QED) is 0.429. The first-order valence-corrected chi connectivity index (χ1v) is 7.59. The molecule has 0 bridgehead atoms. The number of hydrogen-bond donors (Lipinski definition) is 1. The van der Waals surface area contributed by atoms with Crippen molar-refractivity contribution in [3.05, 3.63) is 69.2 Å². The van der Waals surface area contributed by atoms with Crippen molar-refractivity contribution in [2.24, 2.45) is 4.99 Å². The van der Waals surface area contributed by atoms with E-state index in [2.05, 4.69) is 4.99 Å². The molecule has 3 aromatic carbocycles. The van der Waals surface area contributed by atoms with E-state index in [1.54, 1.807) is 24.4 Å². The first kappa shape index (κ1) is 15.2. The van der Waals surface area contributed by atoms with Gasteiger partial charge in [0.1, 0.15) is 5.75 Å². The first-order valence-electron chi connectivity index (χ1n) is 6.45. The van der Waals surface area contributed by atoms with Crippen molar-refractivity contribution in [1.29, 1.82) is 0 Å². The summed E-state index contributed by atoms with van der Waals surface area (Å²) < 4.78 is 0. The zero-order valence-corrected chi connectivity index (χ0v) is 13.5. The Kier molecular flexibility index (Phi) is 4.25. The molecule has 0 saturated carbocycles. The first-order chi connectivity index (χ1) is 10.6. The molecule has 0 fully saturated rings. The molecule has 0 unspecified atom stereocenters. The second kappa shape index (κ2) is 6.17. The fourth-order valence-electron chi connectivity index (χ4n) is 2.16. The molecule has 1 N–H and O–H groups in total. The summed E-state index contributed by atoms with van der Waals surface area (Å²) in [6.45, 7) is 0. The van der Waals surface area contributed by atoms with E-state index < -0.39 is 0 Å². The van der Waals surface area contributed by atoms with Gasteiger partial charge in [-0.25, -0.2) is 0 Å². The highest BCUT2D eigenvalue weighted by atomic mass is 35.5. The van der Waals surface area contributed by atoms with Crippen molar-refractivity contribution in [1.82, 2.24) is 0 Å². The molecular formula is C17H10Cl3NO. The van der Waals surface area contributed by atoms with Gasteiger partial charge >= 0.3 is 0 Å². The maximum absolute atomic E-state index is 10.1. The zero-order valence-electron chi connectivity index (χ0n) is 11.2. The Morgan fingerprint density at radius 2 is 1.59 bits per heavy atom. The van der Waals surface area contributed by atoms with Gasteiger partial charge < -0.3 is 5.11 Å². The summed E-state index contributed by atoms with van der Waals surface area (Å²) in [4.78, 5) is 4.33. The van der Waals surface area contributed by atoms with Crippen molar-refractivity contribution in [2.45, 2.75) is 0 Å². The Bertz CT molecular complexity index is 890. The van der Waals surface area contributed by atoms with Crippen LogP contribution in [0, 0.1) is 0 Å². The summed E-state index contributed by atoms with van der Waals surface area (Å²) in [5.41, 5.74) is 1.11. The van der Waals surface area contributed by atoms with Crippen LogP contribution in [0.5, 0.6) is 5.75 Å². The molecule has 0 aliphatic carbocycles. The van der Waals surface area contributed by atoms with Gasteiger partial charge in [0.2, 0.25) is 0 Å². The topological polar surface area (TPSA) is 32.6 Å². The van der Waals surface area contributed by atoms with Gasteiger partial charge in [0.05, 0.1) is 20.8 Å². The molecule has 0 heterocycles. The number of halogens is 3. The van der Waals surface area contributed by atoms with Gasteiger partial charge in [0.25, 0.3) is 0 Å². The average Bonchev–Trinajstić information content (AvgIpc) is 2.51. The molecule has 0 aromatic heterocycles. The van der Waals surface area contributed by atoms with Crippen LogP contribution in [0.3, 0.4) is 0 Å². The minimum atomic E-state index is 0.152. The average molecular weight is 351 g/mol. The summed E-state index contributed by atoms with van der Waals surface area (Å²) in [7, 11) is 0. The number of phenols is 1. The van der Waals surface area contributed by atoms with Crippen LogP contribution in [-0.2, 0) is 0 Å². The number of phenolic OH excluding ortho intramolecular Hbond substituents is 1. The molecule has 0 spiro atoms. The van der Waals surface area contributed by atoms with Crippen LogP contribution in [0.25, 0.3) is 10.8 Å². The van der Waals surface area contributed by atoms with Gasteiger partial charge in [-0.1, -0.05) is 65.1 Å². The molecular weight excluding hydrogens is 341 g/mol. The molecule has 0 aliphatic rings. The van der Waals surface area contributed by atoms with Gasteiger partial charge in [-0.2, -0.15) is 0 Å². The molecule has 22 heavy (non-hydrogen) atoms. The van der Waals surface area contributed by atoms with E-state index in [0.29, 0.717) is 26.3 Å². The Morgan fingerprint density at radius 1 is 0.864 bits per heavy atom. The molecule has 0 atom stereocenters. The van der Waals surface area contributed by atoms with E-state index in [-0.39, 0.29) is 5.75 Å². The predicted molar refractivity (Wildman–Crippen MR) is 94.3 cm³/mol. The summed E-state index contributed by atoms with van der Waals surface area (Å²) in [6, 6.07) is 14.4. The van der Waals surface area contributed by atoms with Gasteiger partial charge in [0, 0.05) is 11.8 Å². The van der Waals surface area contributed by atoms with Crippen LogP contribution in [0.4, 0.5) is 5.69 Å². The van der Waals surface area contributed by atoms with Crippen LogP contribution in [-0.4, -0.2) is 11.3 Å². The Labute approximate surface area is 142 Å². The number of hydrogen-bond acceptors (Lipinski definition) is 2. The van der Waals surface area contributed by atoms with Crippen LogP contribution in [0.1, 0.15) is 5.56 Å². The SMILES string of the molecule is Oc1ccc2ccccc2c1C=Nc1cc(Cl)c(Cl)cc1Cl. The van der Waals surface area contributed by atoms with Crippen molar-refractivity contribution < 1.29 is 5.11 Å². The molecule has 0 saturated heterocycles. The predicted octanol–water partition coefficient (Wildman–Crippen LogP) is 6.26. The van der Waals surface area contributed by atoms with Crippen LogP contribution in [0.2, 0.25) is 15.1 Å². The highest BCUT2D eigenvalue weighted by Crippen LogP contribution is 2.34. The van der Waals surface area contributed by atoms with Crippen molar-refractivity contribution in [3.63, 3.8) is 0 Å². The Balaban J connectivity index is 2.10. The third-order valence-electron chi connectivity index (χ3n) is 3.27. The molecule has 0 aliphatic heterocycles. The molecule has 3 aromatic rings. The minimum Gasteiger partial charge on any atom is -0.507 e. The van der Waals surface area contributed by atoms with Gasteiger partial charge in [-0.3, -0.25) is 4.99 Å². The van der Waals surface area contributed by atoms with E-state index in [1.807, 2.05) is 30.3 Å². The van der Waals surface area contributed by atoms with Gasteiger partial charge in [-0.15, -0.1) is 0 Å². The van der Waals surface area contributed by atoms with Crippen molar-refractivity contribution >= 4 is 57.5 Å². The Hall–Kier alpha value is -1.74. The third kappa shape index (κ3) is 2.91. The van der Waals surface area contributed by atoms with Crippen LogP contribution >= 0.6 is 34.8 Å². The summed E-state index contributed by atoms with van der Waals surface area (Å²) in [5.74, 6) is 0.152. The van der Waals surface area contributed by atoms with Crippen LogP contribution < -0.4 is 0 Å². The van der Waals surface area contributed by atoms with Crippen molar-refractivity contribution in [3.8, 4) is 5.75 Å².